The molecular weight excluding hydrogens is 294 g/mol. The molecule has 1 aromatic carbocycles. The highest BCUT2D eigenvalue weighted by Crippen LogP contribution is 2.31. The number of fused-ring (bicyclic) bond motifs is 1. The van der Waals surface area contributed by atoms with Crippen LogP contribution in [0.25, 0.3) is 0 Å². The van der Waals surface area contributed by atoms with Crippen molar-refractivity contribution >= 4 is 27.5 Å². The highest BCUT2D eigenvalue weighted by atomic mass is 79.9. The zero-order valence-electron chi connectivity index (χ0n) is 10.8. The van der Waals surface area contributed by atoms with Crippen LogP contribution < -0.4 is 5.32 Å². The van der Waals surface area contributed by atoms with Gasteiger partial charge in [0.15, 0.2) is 0 Å². The molecule has 0 aliphatic heterocycles. The number of aryl methyl sites for hydroxylation is 2. The van der Waals surface area contributed by atoms with Crippen LogP contribution in [0.1, 0.15) is 24.5 Å². The van der Waals surface area contributed by atoms with Gasteiger partial charge in [-0.1, -0.05) is 6.92 Å². The van der Waals surface area contributed by atoms with E-state index in [1.807, 2.05) is 6.92 Å². The predicted octanol–water partition coefficient (Wildman–Crippen LogP) is 3.16. The van der Waals surface area contributed by atoms with E-state index < -0.39 is 0 Å². The Morgan fingerprint density at radius 1 is 1.44 bits per heavy atom. The molecule has 0 aromatic heterocycles. The first-order valence-electron chi connectivity index (χ1n) is 6.23. The van der Waals surface area contributed by atoms with E-state index in [9.17, 15) is 4.79 Å². The van der Waals surface area contributed by atoms with E-state index in [1.54, 1.807) is 7.11 Å². The van der Waals surface area contributed by atoms with Gasteiger partial charge in [-0.3, -0.25) is 4.79 Å². The second kappa shape index (κ2) is 5.85. The first-order valence-corrected chi connectivity index (χ1v) is 7.02. The van der Waals surface area contributed by atoms with Crippen LogP contribution in [-0.4, -0.2) is 19.6 Å². The maximum atomic E-state index is 11.9. The number of carbonyl (C=O) groups excluding carboxylic acids is 1. The number of rotatable bonds is 4. The van der Waals surface area contributed by atoms with Crippen LogP contribution in [0.15, 0.2) is 16.6 Å². The minimum atomic E-state index is -0.143. The monoisotopic (exact) mass is 311 g/mol. The molecular formula is C14H18BrNO2. The van der Waals surface area contributed by atoms with Crippen molar-refractivity contribution in [2.45, 2.75) is 26.2 Å². The van der Waals surface area contributed by atoms with Gasteiger partial charge in [0.25, 0.3) is 0 Å². The van der Waals surface area contributed by atoms with Crippen LogP contribution in [0.3, 0.4) is 0 Å². The van der Waals surface area contributed by atoms with E-state index >= 15 is 0 Å². The third-order valence-electron chi connectivity index (χ3n) is 3.30. The van der Waals surface area contributed by atoms with Crippen molar-refractivity contribution < 1.29 is 9.53 Å². The number of hydrogen-bond donors (Lipinski definition) is 1. The van der Waals surface area contributed by atoms with Crippen molar-refractivity contribution in [3.63, 3.8) is 0 Å². The van der Waals surface area contributed by atoms with Gasteiger partial charge in [0.1, 0.15) is 0 Å². The van der Waals surface area contributed by atoms with Gasteiger partial charge < -0.3 is 10.1 Å². The number of methoxy groups -OCH3 is 1. The molecule has 1 N–H and O–H groups in total. The highest BCUT2D eigenvalue weighted by Gasteiger charge is 2.17. The summed E-state index contributed by atoms with van der Waals surface area (Å²) in [6.07, 6.45) is 3.46. The lowest BCUT2D eigenvalue weighted by Crippen LogP contribution is -2.24. The lowest BCUT2D eigenvalue weighted by molar-refractivity contribution is -0.120. The summed E-state index contributed by atoms with van der Waals surface area (Å²) >= 11 is 3.52. The number of carbonyl (C=O) groups is 1. The molecule has 0 saturated carbocycles. The van der Waals surface area contributed by atoms with E-state index in [-0.39, 0.29) is 11.8 Å². The molecule has 0 bridgehead atoms. The summed E-state index contributed by atoms with van der Waals surface area (Å²) < 4.78 is 5.95. The minimum absolute atomic E-state index is 0.00417. The van der Waals surface area contributed by atoms with Crippen molar-refractivity contribution in [1.29, 1.82) is 0 Å². The molecule has 0 spiro atoms. The SMILES string of the molecule is COCC(C)C(=O)Nc1cc2c(cc1Br)CCC2. The molecule has 4 heteroatoms. The fourth-order valence-corrected chi connectivity index (χ4v) is 2.76. The second-order valence-electron chi connectivity index (χ2n) is 4.80. The zero-order valence-corrected chi connectivity index (χ0v) is 12.3. The number of halogens is 1. The molecule has 0 heterocycles. The van der Waals surface area contributed by atoms with E-state index in [0.717, 1.165) is 23.0 Å². The lowest BCUT2D eigenvalue weighted by Gasteiger charge is -2.13. The molecule has 0 radical (unpaired) electrons. The molecule has 1 aliphatic rings. The molecule has 1 atom stereocenters. The number of ether oxygens (including phenoxy) is 1. The summed E-state index contributed by atoms with van der Waals surface area (Å²) in [5.74, 6) is -0.148. The van der Waals surface area contributed by atoms with E-state index in [0.29, 0.717) is 6.61 Å². The number of hydrogen-bond acceptors (Lipinski definition) is 2. The van der Waals surface area contributed by atoms with E-state index in [1.165, 1.54) is 17.5 Å². The third-order valence-corrected chi connectivity index (χ3v) is 3.96. The molecule has 0 fully saturated rings. The molecule has 98 valence electrons. The standard InChI is InChI=1S/C14H18BrNO2/c1-9(8-18-2)14(17)16-13-7-11-5-3-4-10(11)6-12(13)15/h6-7,9H,3-5,8H2,1-2H3,(H,16,17). The maximum Gasteiger partial charge on any atom is 0.229 e. The summed E-state index contributed by atoms with van der Waals surface area (Å²) in [4.78, 5) is 11.9. The predicted molar refractivity (Wildman–Crippen MR) is 75.8 cm³/mol. The first kappa shape index (κ1) is 13.6. The fraction of sp³-hybridized carbons (Fsp3) is 0.500. The van der Waals surface area contributed by atoms with E-state index in [2.05, 4.69) is 33.4 Å². The van der Waals surface area contributed by atoms with Crippen molar-refractivity contribution in [3.8, 4) is 0 Å². The van der Waals surface area contributed by atoms with Crippen molar-refractivity contribution in [3.05, 3.63) is 27.7 Å². The fourth-order valence-electron chi connectivity index (χ4n) is 2.27. The van der Waals surface area contributed by atoms with Gasteiger partial charge in [0.2, 0.25) is 5.91 Å². The van der Waals surface area contributed by atoms with Crippen LogP contribution in [-0.2, 0) is 22.4 Å². The molecule has 2 rings (SSSR count). The number of benzene rings is 1. The van der Waals surface area contributed by atoms with Gasteiger partial charge in [-0.25, -0.2) is 0 Å². The Hall–Kier alpha value is -0.870. The smallest absolute Gasteiger partial charge is 0.229 e. The van der Waals surface area contributed by atoms with Crippen molar-refractivity contribution in [1.82, 2.24) is 0 Å². The van der Waals surface area contributed by atoms with Crippen LogP contribution in [0, 0.1) is 5.92 Å². The van der Waals surface area contributed by atoms with Gasteiger partial charge in [-0.2, -0.15) is 0 Å². The number of nitrogens with one attached hydrogen (secondary N) is 1. The third kappa shape index (κ3) is 2.93. The summed E-state index contributed by atoms with van der Waals surface area (Å²) in [6, 6.07) is 4.21. The Balaban J connectivity index is 2.12. The zero-order chi connectivity index (χ0) is 13.1. The van der Waals surface area contributed by atoms with Gasteiger partial charge in [-0.15, -0.1) is 0 Å². The summed E-state index contributed by atoms with van der Waals surface area (Å²) in [7, 11) is 1.61. The van der Waals surface area contributed by atoms with Crippen LogP contribution in [0.2, 0.25) is 0 Å². The lowest BCUT2D eigenvalue weighted by atomic mass is 10.1. The van der Waals surface area contributed by atoms with Gasteiger partial charge in [0, 0.05) is 11.6 Å². The minimum Gasteiger partial charge on any atom is -0.384 e. The normalized spacial score (nSPS) is 15.3. The number of amides is 1. The Morgan fingerprint density at radius 3 is 2.78 bits per heavy atom. The quantitative estimate of drug-likeness (QED) is 0.927. The Kier molecular flexibility index (Phi) is 4.40. The topological polar surface area (TPSA) is 38.3 Å². The first-order chi connectivity index (χ1) is 8.61. The van der Waals surface area contributed by atoms with Crippen molar-refractivity contribution in [2.24, 2.45) is 5.92 Å². The Bertz CT molecular complexity index is 459. The molecule has 3 nitrogen and oxygen atoms in total. The molecule has 1 aromatic rings. The average Bonchev–Trinajstić information content (AvgIpc) is 2.76. The molecule has 0 saturated heterocycles. The highest BCUT2D eigenvalue weighted by molar-refractivity contribution is 9.10. The molecule has 1 unspecified atom stereocenters. The van der Waals surface area contributed by atoms with Crippen LogP contribution >= 0.6 is 15.9 Å². The largest absolute Gasteiger partial charge is 0.384 e. The summed E-state index contributed by atoms with van der Waals surface area (Å²) in [6.45, 7) is 2.30. The average molecular weight is 312 g/mol. The summed E-state index contributed by atoms with van der Waals surface area (Å²) in [5, 5.41) is 2.96. The van der Waals surface area contributed by atoms with Gasteiger partial charge in [-0.05, 0) is 58.5 Å². The van der Waals surface area contributed by atoms with Crippen LogP contribution in [0.5, 0.6) is 0 Å². The molecule has 1 aliphatic carbocycles. The van der Waals surface area contributed by atoms with Crippen LogP contribution in [0.4, 0.5) is 5.69 Å². The maximum absolute atomic E-state index is 11.9. The van der Waals surface area contributed by atoms with Gasteiger partial charge in [0.05, 0.1) is 18.2 Å². The molecule has 18 heavy (non-hydrogen) atoms. The Morgan fingerprint density at radius 2 is 2.11 bits per heavy atom. The van der Waals surface area contributed by atoms with Gasteiger partial charge >= 0.3 is 0 Å². The molecule has 1 amide bonds. The van der Waals surface area contributed by atoms with Crippen molar-refractivity contribution in [2.75, 3.05) is 19.0 Å². The Labute approximate surface area is 116 Å². The van der Waals surface area contributed by atoms with E-state index in [4.69, 9.17) is 4.74 Å². The summed E-state index contributed by atoms with van der Waals surface area (Å²) in [5.41, 5.74) is 3.61. The second-order valence-corrected chi connectivity index (χ2v) is 5.65. The number of anilines is 1.